The van der Waals surface area contributed by atoms with Crippen LogP contribution in [0, 0.1) is 0 Å². The minimum absolute atomic E-state index is 0.0731. The minimum Gasteiger partial charge on any atom is -0.497 e. The number of benzene rings is 1. The quantitative estimate of drug-likeness (QED) is 0.899. The van der Waals surface area contributed by atoms with Gasteiger partial charge in [-0.2, -0.15) is 13.2 Å². The van der Waals surface area contributed by atoms with Crippen LogP contribution in [-0.4, -0.2) is 19.8 Å². The number of hydrogen-bond acceptors (Lipinski definition) is 2. The standard InChI is InChI=1S/C13H16F3NO/c1-18-10-3-2-9-5-7-17-12(11(9)8-10)4-6-13(14,15)16/h2-3,8,12,17H,4-7H2,1H3. The van der Waals surface area contributed by atoms with Crippen LogP contribution in [0.2, 0.25) is 0 Å². The molecule has 1 aromatic carbocycles. The molecule has 1 N–H and O–H groups in total. The Labute approximate surface area is 104 Å². The van der Waals surface area contributed by atoms with Crippen molar-refractivity contribution < 1.29 is 17.9 Å². The largest absolute Gasteiger partial charge is 0.497 e. The number of methoxy groups -OCH3 is 1. The predicted molar refractivity (Wildman–Crippen MR) is 62.7 cm³/mol. The molecule has 1 aliphatic rings. The summed E-state index contributed by atoms with van der Waals surface area (Å²) in [7, 11) is 1.56. The van der Waals surface area contributed by atoms with Gasteiger partial charge in [-0.3, -0.25) is 0 Å². The summed E-state index contributed by atoms with van der Waals surface area (Å²) < 4.78 is 42.0. The first-order chi connectivity index (χ1) is 8.49. The van der Waals surface area contributed by atoms with E-state index in [4.69, 9.17) is 4.74 Å². The second-order valence-corrected chi connectivity index (χ2v) is 4.48. The third-order valence-electron chi connectivity index (χ3n) is 3.23. The topological polar surface area (TPSA) is 21.3 Å². The molecule has 1 aliphatic heterocycles. The summed E-state index contributed by atoms with van der Waals surface area (Å²) in [6.45, 7) is 0.724. The molecule has 0 amide bonds. The van der Waals surface area contributed by atoms with Gasteiger partial charge < -0.3 is 10.1 Å². The third-order valence-corrected chi connectivity index (χ3v) is 3.23. The lowest BCUT2D eigenvalue weighted by molar-refractivity contribution is -0.136. The van der Waals surface area contributed by atoms with E-state index in [2.05, 4.69) is 5.32 Å². The Morgan fingerprint density at radius 1 is 1.39 bits per heavy atom. The first-order valence-electron chi connectivity index (χ1n) is 5.96. The fraction of sp³-hybridized carbons (Fsp3) is 0.538. The fourth-order valence-corrected chi connectivity index (χ4v) is 2.31. The maximum Gasteiger partial charge on any atom is 0.389 e. The Morgan fingerprint density at radius 3 is 2.83 bits per heavy atom. The number of nitrogens with one attached hydrogen (secondary N) is 1. The van der Waals surface area contributed by atoms with Gasteiger partial charge in [-0.15, -0.1) is 0 Å². The molecule has 1 atom stereocenters. The molecule has 0 bridgehead atoms. The summed E-state index contributed by atoms with van der Waals surface area (Å²) in [5.41, 5.74) is 2.05. The van der Waals surface area contributed by atoms with Crippen molar-refractivity contribution in [3.8, 4) is 5.75 Å². The van der Waals surface area contributed by atoms with E-state index in [1.165, 1.54) is 0 Å². The van der Waals surface area contributed by atoms with Crippen LogP contribution in [0.3, 0.4) is 0 Å². The van der Waals surface area contributed by atoms with Crippen LogP contribution in [0.15, 0.2) is 18.2 Å². The monoisotopic (exact) mass is 259 g/mol. The van der Waals surface area contributed by atoms with E-state index in [0.717, 1.165) is 24.1 Å². The van der Waals surface area contributed by atoms with E-state index in [1.807, 2.05) is 18.2 Å². The summed E-state index contributed by atoms with van der Waals surface area (Å²) >= 11 is 0. The van der Waals surface area contributed by atoms with Gasteiger partial charge in [0, 0.05) is 12.5 Å². The first-order valence-corrected chi connectivity index (χ1v) is 5.96. The zero-order chi connectivity index (χ0) is 13.2. The van der Waals surface area contributed by atoms with Crippen molar-refractivity contribution in [1.29, 1.82) is 0 Å². The summed E-state index contributed by atoms with van der Waals surface area (Å²) in [5.74, 6) is 0.689. The lowest BCUT2D eigenvalue weighted by Crippen LogP contribution is -2.30. The third kappa shape index (κ3) is 3.16. The Kier molecular flexibility index (Phi) is 3.80. The van der Waals surface area contributed by atoms with Gasteiger partial charge in [-0.25, -0.2) is 0 Å². The van der Waals surface area contributed by atoms with Gasteiger partial charge in [0.25, 0.3) is 0 Å². The van der Waals surface area contributed by atoms with E-state index in [-0.39, 0.29) is 12.5 Å². The number of fused-ring (bicyclic) bond motifs is 1. The van der Waals surface area contributed by atoms with Gasteiger partial charge >= 0.3 is 6.18 Å². The molecule has 2 rings (SSSR count). The summed E-state index contributed by atoms with van der Waals surface area (Å²) in [4.78, 5) is 0. The lowest BCUT2D eigenvalue weighted by atomic mass is 9.91. The van der Waals surface area contributed by atoms with Crippen molar-refractivity contribution in [2.24, 2.45) is 0 Å². The molecule has 0 radical (unpaired) electrons. The van der Waals surface area contributed by atoms with Crippen molar-refractivity contribution >= 4 is 0 Å². The average molecular weight is 259 g/mol. The van der Waals surface area contributed by atoms with Crippen molar-refractivity contribution in [1.82, 2.24) is 5.32 Å². The Balaban J connectivity index is 2.15. The van der Waals surface area contributed by atoms with Crippen LogP contribution < -0.4 is 10.1 Å². The van der Waals surface area contributed by atoms with Gasteiger partial charge in [-0.1, -0.05) is 6.07 Å². The second kappa shape index (κ2) is 5.18. The van der Waals surface area contributed by atoms with E-state index >= 15 is 0 Å². The molecule has 0 saturated carbocycles. The molecule has 5 heteroatoms. The zero-order valence-corrected chi connectivity index (χ0v) is 10.2. The van der Waals surface area contributed by atoms with Crippen LogP contribution >= 0.6 is 0 Å². The van der Waals surface area contributed by atoms with Gasteiger partial charge in [0.1, 0.15) is 5.75 Å². The second-order valence-electron chi connectivity index (χ2n) is 4.48. The smallest absolute Gasteiger partial charge is 0.389 e. The molecule has 1 aromatic rings. The molecule has 18 heavy (non-hydrogen) atoms. The normalized spacial score (nSPS) is 19.4. The van der Waals surface area contributed by atoms with Crippen LogP contribution in [0.4, 0.5) is 13.2 Å². The van der Waals surface area contributed by atoms with Crippen LogP contribution in [0.5, 0.6) is 5.75 Å². The van der Waals surface area contributed by atoms with E-state index in [1.54, 1.807) is 7.11 Å². The number of hydrogen-bond donors (Lipinski definition) is 1. The van der Waals surface area contributed by atoms with E-state index in [0.29, 0.717) is 5.75 Å². The van der Waals surface area contributed by atoms with Crippen molar-refractivity contribution in [3.63, 3.8) is 0 Å². The molecule has 0 saturated heterocycles. The lowest BCUT2D eigenvalue weighted by Gasteiger charge is -2.27. The molecule has 0 spiro atoms. The number of halogens is 3. The maximum absolute atomic E-state index is 12.3. The average Bonchev–Trinajstić information content (AvgIpc) is 2.34. The number of ether oxygens (including phenoxy) is 1. The summed E-state index contributed by atoms with van der Waals surface area (Å²) in [6.07, 6.45) is -3.94. The van der Waals surface area contributed by atoms with E-state index in [9.17, 15) is 13.2 Å². The van der Waals surface area contributed by atoms with Gasteiger partial charge in [0.05, 0.1) is 7.11 Å². The van der Waals surface area contributed by atoms with Gasteiger partial charge in [-0.05, 0) is 42.6 Å². The molecular weight excluding hydrogens is 243 g/mol. The van der Waals surface area contributed by atoms with Crippen molar-refractivity contribution in [2.45, 2.75) is 31.5 Å². The zero-order valence-electron chi connectivity index (χ0n) is 10.2. The number of alkyl halides is 3. The SMILES string of the molecule is COc1ccc2c(c1)C(CCC(F)(F)F)NCC2. The maximum atomic E-state index is 12.3. The van der Waals surface area contributed by atoms with E-state index < -0.39 is 12.6 Å². The molecule has 1 heterocycles. The molecule has 2 nitrogen and oxygen atoms in total. The van der Waals surface area contributed by atoms with Crippen molar-refractivity contribution in [3.05, 3.63) is 29.3 Å². The number of rotatable bonds is 3. The highest BCUT2D eigenvalue weighted by atomic mass is 19.4. The predicted octanol–water partition coefficient (Wildman–Crippen LogP) is 3.22. The fourth-order valence-electron chi connectivity index (χ4n) is 2.31. The van der Waals surface area contributed by atoms with Crippen molar-refractivity contribution in [2.75, 3.05) is 13.7 Å². The minimum atomic E-state index is -4.10. The highest BCUT2D eigenvalue weighted by Crippen LogP contribution is 2.32. The summed E-state index contributed by atoms with van der Waals surface area (Å²) in [5, 5.41) is 3.14. The highest BCUT2D eigenvalue weighted by Gasteiger charge is 2.30. The first kappa shape index (κ1) is 13.2. The molecule has 0 aliphatic carbocycles. The molecule has 1 unspecified atom stereocenters. The van der Waals surface area contributed by atoms with Gasteiger partial charge in [0.15, 0.2) is 0 Å². The van der Waals surface area contributed by atoms with Gasteiger partial charge in [0.2, 0.25) is 0 Å². The molecule has 0 fully saturated rings. The van der Waals surface area contributed by atoms with Crippen LogP contribution in [-0.2, 0) is 6.42 Å². The van der Waals surface area contributed by atoms with Crippen LogP contribution in [0.1, 0.15) is 30.0 Å². The Hall–Kier alpha value is -1.23. The Bertz CT molecular complexity index is 417. The molecular formula is C13H16F3NO. The summed E-state index contributed by atoms with van der Waals surface area (Å²) in [6, 6.07) is 5.40. The Morgan fingerprint density at radius 2 is 2.17 bits per heavy atom. The molecule has 100 valence electrons. The van der Waals surface area contributed by atoms with Crippen LogP contribution in [0.25, 0.3) is 0 Å². The molecule has 0 aromatic heterocycles. The highest BCUT2D eigenvalue weighted by molar-refractivity contribution is 5.39.